The third-order valence-corrected chi connectivity index (χ3v) is 3.70. The smallest absolute Gasteiger partial charge is 0.0892 e. The first kappa shape index (κ1) is 15.2. The molecule has 0 amide bonds. The van der Waals surface area contributed by atoms with Crippen molar-refractivity contribution in [2.75, 3.05) is 6.54 Å². The molecule has 1 heterocycles. The van der Waals surface area contributed by atoms with Crippen LogP contribution in [-0.4, -0.2) is 11.5 Å². The van der Waals surface area contributed by atoms with Crippen molar-refractivity contribution in [1.82, 2.24) is 10.3 Å². The maximum absolute atomic E-state index is 5.70. The average Bonchev–Trinajstić information content (AvgIpc) is 2.48. The molecule has 0 radical (unpaired) electrons. The Labute approximate surface area is 128 Å². The Bertz CT molecular complexity index is 528. The third kappa shape index (κ3) is 4.71. The van der Waals surface area contributed by atoms with Crippen molar-refractivity contribution in [2.45, 2.75) is 26.7 Å². The van der Waals surface area contributed by atoms with Gasteiger partial charge in [-0.3, -0.25) is 4.98 Å². The van der Waals surface area contributed by atoms with Crippen LogP contribution in [0.25, 0.3) is 0 Å². The minimum Gasteiger partial charge on any atom is -0.370 e. The van der Waals surface area contributed by atoms with Gasteiger partial charge in [-0.2, -0.15) is 0 Å². The maximum atomic E-state index is 5.70. The Morgan fingerprint density at radius 2 is 2.00 bits per heavy atom. The van der Waals surface area contributed by atoms with E-state index < -0.39 is 0 Å². The quantitative estimate of drug-likeness (QED) is 0.838. The highest BCUT2D eigenvalue weighted by atomic mass is 79.9. The van der Waals surface area contributed by atoms with Gasteiger partial charge >= 0.3 is 0 Å². The largest absolute Gasteiger partial charge is 0.370 e. The number of rotatable bonds is 7. The molecule has 0 unspecified atom stereocenters. The Morgan fingerprint density at radius 3 is 2.70 bits per heavy atom. The van der Waals surface area contributed by atoms with Gasteiger partial charge < -0.3 is 10.1 Å². The summed E-state index contributed by atoms with van der Waals surface area (Å²) in [6.07, 6.45) is 1.90. The summed E-state index contributed by atoms with van der Waals surface area (Å²) in [6.45, 7) is 5.04. The van der Waals surface area contributed by atoms with Gasteiger partial charge in [0.05, 0.1) is 18.9 Å². The van der Waals surface area contributed by atoms with Crippen molar-refractivity contribution in [3.63, 3.8) is 0 Å². The molecule has 0 bridgehead atoms. The monoisotopic (exact) mass is 334 g/mol. The summed E-state index contributed by atoms with van der Waals surface area (Å²) in [4.78, 5) is 4.41. The van der Waals surface area contributed by atoms with Crippen LogP contribution in [0.1, 0.15) is 23.7 Å². The fraction of sp³-hybridized carbons (Fsp3) is 0.312. The molecule has 3 nitrogen and oxygen atoms in total. The van der Waals surface area contributed by atoms with Crippen LogP contribution < -0.4 is 5.32 Å². The summed E-state index contributed by atoms with van der Waals surface area (Å²) in [6, 6.07) is 12.2. The maximum Gasteiger partial charge on any atom is 0.0892 e. The van der Waals surface area contributed by atoms with E-state index >= 15 is 0 Å². The first-order chi connectivity index (χ1) is 9.79. The molecule has 2 rings (SSSR count). The number of hydrogen-bond donors (Lipinski definition) is 1. The Kier molecular flexibility index (Phi) is 6.18. The molecule has 0 aliphatic rings. The summed E-state index contributed by atoms with van der Waals surface area (Å²) < 4.78 is 6.78. The van der Waals surface area contributed by atoms with Crippen LogP contribution in [0.4, 0.5) is 0 Å². The average molecular weight is 335 g/mol. The van der Waals surface area contributed by atoms with Gasteiger partial charge in [-0.05, 0) is 29.8 Å². The summed E-state index contributed by atoms with van der Waals surface area (Å²) in [7, 11) is 0. The summed E-state index contributed by atoms with van der Waals surface area (Å²) in [5.41, 5.74) is 3.30. The topological polar surface area (TPSA) is 34.1 Å². The molecule has 0 aliphatic heterocycles. The highest BCUT2D eigenvalue weighted by Gasteiger charge is 2.00. The molecule has 1 aromatic heterocycles. The van der Waals surface area contributed by atoms with E-state index in [0.29, 0.717) is 13.2 Å². The number of nitrogens with zero attached hydrogens (tertiary/aromatic N) is 1. The van der Waals surface area contributed by atoms with Crippen LogP contribution in [-0.2, 0) is 24.5 Å². The number of pyridine rings is 1. The SMILES string of the molecule is CCNCc1ccc(COCc2ccccc2Br)nc1. The molecule has 2 aromatic rings. The second-order valence-corrected chi connectivity index (χ2v) is 5.38. The van der Waals surface area contributed by atoms with Crippen LogP contribution in [0.3, 0.4) is 0 Å². The van der Waals surface area contributed by atoms with Crippen molar-refractivity contribution in [3.05, 3.63) is 63.9 Å². The van der Waals surface area contributed by atoms with Gasteiger partial charge in [0.1, 0.15) is 0 Å². The first-order valence-corrected chi connectivity index (χ1v) is 7.54. The Morgan fingerprint density at radius 1 is 1.15 bits per heavy atom. The zero-order chi connectivity index (χ0) is 14.2. The first-order valence-electron chi connectivity index (χ1n) is 6.75. The van der Waals surface area contributed by atoms with Gasteiger partial charge in [-0.25, -0.2) is 0 Å². The molecular weight excluding hydrogens is 316 g/mol. The Hall–Kier alpha value is -1.23. The second-order valence-electron chi connectivity index (χ2n) is 4.52. The highest BCUT2D eigenvalue weighted by Crippen LogP contribution is 2.17. The Balaban J connectivity index is 1.81. The minimum absolute atomic E-state index is 0.531. The minimum atomic E-state index is 0.531. The number of halogens is 1. The number of ether oxygens (including phenoxy) is 1. The van der Waals surface area contributed by atoms with E-state index in [4.69, 9.17) is 4.74 Å². The van der Waals surface area contributed by atoms with E-state index in [2.05, 4.69) is 45.3 Å². The summed E-state index contributed by atoms with van der Waals surface area (Å²) in [5.74, 6) is 0. The van der Waals surface area contributed by atoms with E-state index in [9.17, 15) is 0 Å². The molecule has 1 aromatic carbocycles. The number of hydrogen-bond acceptors (Lipinski definition) is 3. The lowest BCUT2D eigenvalue weighted by Gasteiger charge is -2.07. The lowest BCUT2D eigenvalue weighted by atomic mass is 10.2. The molecule has 106 valence electrons. The van der Waals surface area contributed by atoms with Crippen molar-refractivity contribution in [2.24, 2.45) is 0 Å². The lowest BCUT2D eigenvalue weighted by Crippen LogP contribution is -2.12. The van der Waals surface area contributed by atoms with E-state index in [1.165, 1.54) is 5.56 Å². The fourth-order valence-corrected chi connectivity index (χ4v) is 2.19. The molecule has 20 heavy (non-hydrogen) atoms. The zero-order valence-electron chi connectivity index (χ0n) is 11.6. The van der Waals surface area contributed by atoms with Gasteiger partial charge in [-0.15, -0.1) is 0 Å². The molecular formula is C16H19BrN2O. The predicted octanol–water partition coefficient (Wildman–Crippen LogP) is 3.67. The fourth-order valence-electron chi connectivity index (χ4n) is 1.80. The van der Waals surface area contributed by atoms with E-state index in [-0.39, 0.29) is 0 Å². The van der Waals surface area contributed by atoms with Crippen molar-refractivity contribution in [3.8, 4) is 0 Å². The number of nitrogens with one attached hydrogen (secondary N) is 1. The van der Waals surface area contributed by atoms with Crippen LogP contribution in [0.5, 0.6) is 0 Å². The lowest BCUT2D eigenvalue weighted by molar-refractivity contribution is 0.104. The third-order valence-electron chi connectivity index (χ3n) is 2.93. The predicted molar refractivity (Wildman–Crippen MR) is 84.3 cm³/mol. The van der Waals surface area contributed by atoms with Gasteiger partial charge in [0.25, 0.3) is 0 Å². The molecule has 0 saturated carbocycles. The molecule has 1 N–H and O–H groups in total. The number of benzene rings is 1. The summed E-state index contributed by atoms with van der Waals surface area (Å²) >= 11 is 3.51. The van der Waals surface area contributed by atoms with Gasteiger partial charge in [-0.1, -0.05) is 47.1 Å². The van der Waals surface area contributed by atoms with Crippen LogP contribution in [0.15, 0.2) is 47.1 Å². The van der Waals surface area contributed by atoms with Crippen LogP contribution in [0, 0.1) is 0 Å². The van der Waals surface area contributed by atoms with Crippen molar-refractivity contribution in [1.29, 1.82) is 0 Å². The zero-order valence-corrected chi connectivity index (χ0v) is 13.2. The van der Waals surface area contributed by atoms with E-state index in [0.717, 1.165) is 28.8 Å². The normalized spacial score (nSPS) is 10.7. The second kappa shape index (κ2) is 8.15. The summed E-state index contributed by atoms with van der Waals surface area (Å²) in [5, 5.41) is 3.28. The van der Waals surface area contributed by atoms with E-state index in [1.807, 2.05) is 30.5 Å². The number of aromatic nitrogens is 1. The van der Waals surface area contributed by atoms with Gasteiger partial charge in [0.15, 0.2) is 0 Å². The van der Waals surface area contributed by atoms with Crippen molar-refractivity contribution < 1.29 is 4.74 Å². The highest BCUT2D eigenvalue weighted by molar-refractivity contribution is 9.10. The standard InChI is InChI=1S/C16H19BrN2O/c1-2-18-9-13-7-8-15(19-10-13)12-20-11-14-5-3-4-6-16(14)17/h3-8,10,18H,2,9,11-12H2,1H3. The molecule has 4 heteroatoms. The molecule has 0 atom stereocenters. The molecule has 0 saturated heterocycles. The van der Waals surface area contributed by atoms with Gasteiger partial charge in [0.2, 0.25) is 0 Å². The molecule has 0 aliphatic carbocycles. The van der Waals surface area contributed by atoms with Crippen LogP contribution >= 0.6 is 15.9 Å². The molecule has 0 fully saturated rings. The van der Waals surface area contributed by atoms with Gasteiger partial charge in [0, 0.05) is 17.2 Å². The molecule has 0 spiro atoms. The van der Waals surface area contributed by atoms with E-state index in [1.54, 1.807) is 0 Å². The van der Waals surface area contributed by atoms with Crippen LogP contribution in [0.2, 0.25) is 0 Å². The van der Waals surface area contributed by atoms with Crippen molar-refractivity contribution >= 4 is 15.9 Å².